The summed E-state index contributed by atoms with van der Waals surface area (Å²) in [4.78, 5) is 26.8. The summed E-state index contributed by atoms with van der Waals surface area (Å²) in [6.07, 6.45) is 12.7. The van der Waals surface area contributed by atoms with Gasteiger partial charge in [0.25, 0.3) is 6.47 Å². The average Bonchev–Trinajstić information content (AvgIpc) is 4.02. The van der Waals surface area contributed by atoms with Crippen molar-refractivity contribution in [3.8, 4) is 11.4 Å². The van der Waals surface area contributed by atoms with Crippen LogP contribution in [-0.2, 0) is 16.8 Å². The van der Waals surface area contributed by atoms with Gasteiger partial charge in [0.15, 0.2) is 5.65 Å². The maximum atomic E-state index is 13.7. The van der Waals surface area contributed by atoms with Crippen LogP contribution in [0, 0.1) is 0 Å². The first-order chi connectivity index (χ1) is 27.6. The third kappa shape index (κ3) is 8.91. The minimum absolute atomic E-state index is 0.166. The smallest absolute Gasteiger partial charge is 0.320 e. The molecule has 0 spiro atoms. The lowest BCUT2D eigenvalue weighted by atomic mass is 9.85. The molecule has 2 fully saturated rings. The summed E-state index contributed by atoms with van der Waals surface area (Å²) >= 11 is 0. The molecule has 304 valence electrons. The molecule has 5 aromatic rings. The Balaban J connectivity index is 0.00000160. The minimum atomic E-state index is -0.301. The number of aromatic nitrogens is 7. The van der Waals surface area contributed by atoms with Crippen molar-refractivity contribution in [1.29, 1.82) is 0 Å². The summed E-state index contributed by atoms with van der Waals surface area (Å²) in [6, 6.07) is 14.2. The fourth-order valence-electron chi connectivity index (χ4n) is 8.26. The molecule has 8 rings (SSSR count). The summed E-state index contributed by atoms with van der Waals surface area (Å²) in [6.45, 7) is 12.0. The largest absolute Gasteiger partial charge is 0.484 e. The zero-order valence-corrected chi connectivity index (χ0v) is 33.3. The molecule has 57 heavy (non-hydrogen) atoms. The van der Waals surface area contributed by atoms with Gasteiger partial charge in [-0.05, 0) is 81.7 Å². The zero-order valence-electron chi connectivity index (χ0n) is 33.3. The lowest BCUT2D eigenvalue weighted by molar-refractivity contribution is -0.122. The lowest BCUT2D eigenvalue weighted by Gasteiger charge is -2.33. The van der Waals surface area contributed by atoms with E-state index in [2.05, 4.69) is 75.6 Å². The number of rotatable bonds is 10. The second-order valence-corrected chi connectivity index (χ2v) is 16.3. The number of hydrogen-bond acceptors (Lipinski definition) is 10. The number of piperidine rings is 1. The van der Waals surface area contributed by atoms with Gasteiger partial charge in [0.2, 0.25) is 5.95 Å². The van der Waals surface area contributed by atoms with Crippen molar-refractivity contribution in [3.63, 3.8) is 0 Å². The first-order valence-electron chi connectivity index (χ1n) is 20.1. The number of pyridine rings is 1. The van der Waals surface area contributed by atoms with Crippen molar-refractivity contribution in [3.05, 3.63) is 77.9 Å². The molecular weight excluding hydrogens is 727 g/mol. The molecule has 4 N–H and O–H groups in total. The van der Waals surface area contributed by atoms with Gasteiger partial charge in [0.1, 0.15) is 23.4 Å². The van der Waals surface area contributed by atoms with E-state index in [4.69, 9.17) is 19.7 Å². The van der Waals surface area contributed by atoms with Gasteiger partial charge in [-0.25, -0.2) is 9.48 Å². The van der Waals surface area contributed by atoms with Crippen LogP contribution in [0.1, 0.15) is 102 Å². The molecule has 2 aliphatic heterocycles. The van der Waals surface area contributed by atoms with Gasteiger partial charge in [-0.2, -0.15) is 10.2 Å². The highest BCUT2D eigenvalue weighted by Gasteiger charge is 2.31. The van der Waals surface area contributed by atoms with Gasteiger partial charge >= 0.3 is 6.03 Å². The van der Waals surface area contributed by atoms with Crippen LogP contribution in [0.25, 0.3) is 11.3 Å². The number of aliphatic hydroxyl groups is 1. The highest BCUT2D eigenvalue weighted by atomic mass is 16.5. The van der Waals surface area contributed by atoms with Gasteiger partial charge in [0, 0.05) is 36.7 Å². The van der Waals surface area contributed by atoms with E-state index < -0.39 is 0 Å². The number of hydrogen-bond donors (Lipinski definition) is 4. The van der Waals surface area contributed by atoms with E-state index in [-0.39, 0.29) is 42.7 Å². The highest BCUT2D eigenvalue weighted by Crippen LogP contribution is 2.39. The van der Waals surface area contributed by atoms with Crippen molar-refractivity contribution in [2.24, 2.45) is 0 Å². The first kappa shape index (κ1) is 39.7. The normalized spacial score (nSPS) is 21.1. The highest BCUT2D eigenvalue weighted by molar-refractivity contribution is 5.89. The first-order valence-corrected chi connectivity index (χ1v) is 20.1. The number of carbonyl (C=O) groups excluding carboxylic acids is 1. The van der Waals surface area contributed by atoms with Crippen LogP contribution in [0.4, 0.5) is 16.6 Å². The fourth-order valence-corrected chi connectivity index (χ4v) is 8.26. The molecule has 3 unspecified atom stereocenters. The molecule has 2 saturated heterocycles. The van der Waals surface area contributed by atoms with Gasteiger partial charge in [-0.1, -0.05) is 45.0 Å². The van der Waals surface area contributed by atoms with Crippen LogP contribution in [-0.4, -0.2) is 100 Å². The molecule has 4 aromatic heterocycles. The Morgan fingerprint density at radius 3 is 2.56 bits per heavy atom. The van der Waals surface area contributed by atoms with Crippen molar-refractivity contribution in [1.82, 2.24) is 44.4 Å². The Morgan fingerprint density at radius 2 is 1.79 bits per heavy atom. The minimum Gasteiger partial charge on any atom is -0.484 e. The molecule has 1 aliphatic carbocycles. The Morgan fingerprint density at radius 1 is 0.982 bits per heavy atom. The molecule has 1 aromatic carbocycles. The number of carboxylic acid groups (broad SMARTS) is 1. The Kier molecular flexibility index (Phi) is 12.1. The molecule has 16 heteroatoms. The van der Waals surface area contributed by atoms with E-state index in [1.165, 1.54) is 6.42 Å². The number of benzene rings is 1. The lowest BCUT2D eigenvalue weighted by Crippen LogP contribution is -2.38. The van der Waals surface area contributed by atoms with Gasteiger partial charge in [-0.3, -0.25) is 24.1 Å². The Bertz CT molecular complexity index is 2140. The molecule has 4 atom stereocenters. The zero-order chi connectivity index (χ0) is 40.1. The Hall–Kier alpha value is -5.48. The fraction of sp³-hybridized carbons (Fsp3) is 0.512. The molecule has 0 bridgehead atoms. The number of carbonyl (C=O) groups is 2. The molecular formula is C41H55N11O5. The number of nitrogens with zero attached hydrogens (tertiary/aromatic N) is 9. The predicted octanol–water partition coefficient (Wildman–Crippen LogP) is 5.72. The molecule has 6 heterocycles. The van der Waals surface area contributed by atoms with E-state index in [0.29, 0.717) is 24.8 Å². The maximum Gasteiger partial charge on any atom is 0.320 e. The summed E-state index contributed by atoms with van der Waals surface area (Å²) in [5, 5.41) is 41.5. The maximum absolute atomic E-state index is 13.7. The van der Waals surface area contributed by atoms with Crippen LogP contribution in [0.5, 0.6) is 5.75 Å². The second kappa shape index (κ2) is 17.3. The number of ether oxygens (including phenoxy) is 1. The number of nitrogens with one attached hydrogen (secondary N) is 2. The number of aliphatic hydroxyl groups excluding tert-OH is 1. The number of fused-ring (bicyclic) bond motifs is 2. The third-order valence-electron chi connectivity index (χ3n) is 11.3. The average molecular weight is 782 g/mol. The van der Waals surface area contributed by atoms with E-state index in [9.17, 15) is 9.90 Å². The number of urea groups is 1. The number of anilines is 2. The summed E-state index contributed by atoms with van der Waals surface area (Å²) in [5.74, 6) is 2.19. The summed E-state index contributed by atoms with van der Waals surface area (Å²) < 4.78 is 12.4. The predicted molar refractivity (Wildman–Crippen MR) is 216 cm³/mol. The van der Waals surface area contributed by atoms with Crippen LogP contribution >= 0.6 is 0 Å². The molecule has 3 aliphatic rings. The van der Waals surface area contributed by atoms with E-state index in [1.807, 2.05) is 51.8 Å². The standard InChI is InChI=1S/C40H53N11O3.CH2O2/c1-27-10-7-8-19-49(27)39-45-44-36-17-14-30(25-50(36)39)54-34-16-15-33(31-12-5-6-13-32(31)34)42-38(53)43-37-22-35(40(2,3)4)46-51(37)29-23-41-48(24-29)21-20-47-18-9-11-28(47)26-52;2-1-3/h5-6,12-14,17,22-25,27-28,33-34,52H,7-11,15-16,18-21,26H2,1-4H3,(H2,42,43,53);1H,(H,2,3)/t27?,28-,33?,34?;/m0./s1. The Labute approximate surface area is 332 Å². The van der Waals surface area contributed by atoms with Crippen molar-refractivity contribution in [2.45, 2.75) is 109 Å². The topological polar surface area (TPSA) is 180 Å². The van der Waals surface area contributed by atoms with Crippen LogP contribution in [0.2, 0.25) is 0 Å². The quantitative estimate of drug-likeness (QED) is 0.127. The second-order valence-electron chi connectivity index (χ2n) is 16.3. The molecule has 2 amide bonds. The number of likely N-dealkylation sites (tertiary alicyclic amines) is 1. The van der Waals surface area contributed by atoms with Crippen molar-refractivity contribution < 1.29 is 24.5 Å². The SMILES string of the molecule is CC1CCCCN1c1nnc2ccc(OC3CCC(NC(=O)Nc4cc(C(C)(C)C)nn4-c4cnn(CCN5CCC[C@H]5CO)c4)c4ccccc43)cn12.O=CO. The molecule has 16 nitrogen and oxygen atoms in total. The third-order valence-corrected chi connectivity index (χ3v) is 11.3. The van der Waals surface area contributed by atoms with E-state index in [1.54, 1.807) is 10.9 Å². The van der Waals surface area contributed by atoms with Crippen LogP contribution < -0.4 is 20.3 Å². The monoisotopic (exact) mass is 781 g/mol. The van der Waals surface area contributed by atoms with E-state index in [0.717, 1.165) is 91.6 Å². The molecule has 0 saturated carbocycles. The van der Waals surface area contributed by atoms with Crippen molar-refractivity contribution in [2.75, 3.05) is 36.5 Å². The van der Waals surface area contributed by atoms with Gasteiger partial charge in [0.05, 0.1) is 43.5 Å². The van der Waals surface area contributed by atoms with Crippen molar-refractivity contribution >= 4 is 29.9 Å². The van der Waals surface area contributed by atoms with Crippen LogP contribution in [0.3, 0.4) is 0 Å². The van der Waals surface area contributed by atoms with Gasteiger partial charge < -0.3 is 25.2 Å². The van der Waals surface area contributed by atoms with Gasteiger partial charge in [-0.15, -0.1) is 10.2 Å². The molecule has 0 radical (unpaired) electrons. The summed E-state index contributed by atoms with van der Waals surface area (Å²) in [5.41, 5.74) is 4.31. The van der Waals surface area contributed by atoms with E-state index >= 15 is 0 Å². The summed E-state index contributed by atoms with van der Waals surface area (Å²) in [7, 11) is 0. The van der Waals surface area contributed by atoms with Crippen LogP contribution in [0.15, 0.2) is 61.1 Å². The number of amides is 2.